The van der Waals surface area contributed by atoms with Gasteiger partial charge < -0.3 is 15.5 Å². The molecule has 2 aromatic rings. The highest BCUT2D eigenvalue weighted by molar-refractivity contribution is 5.45. The Kier molecular flexibility index (Phi) is 4.01. The number of nitrogens with one attached hydrogen (secondary N) is 1. The summed E-state index contributed by atoms with van der Waals surface area (Å²) in [6.45, 7) is 4.82. The zero-order valence-electron chi connectivity index (χ0n) is 11.1. The van der Waals surface area contributed by atoms with Crippen LogP contribution in [0.3, 0.4) is 0 Å². The summed E-state index contributed by atoms with van der Waals surface area (Å²) in [6.07, 6.45) is 5.21. The van der Waals surface area contributed by atoms with E-state index in [9.17, 15) is 10.2 Å². The lowest BCUT2D eigenvalue weighted by atomic mass is 10.1. The van der Waals surface area contributed by atoms with Crippen LogP contribution in [0.5, 0.6) is 5.75 Å². The van der Waals surface area contributed by atoms with E-state index in [2.05, 4.69) is 15.4 Å². The molecule has 0 unspecified atom stereocenters. The first-order chi connectivity index (χ1) is 9.15. The van der Waals surface area contributed by atoms with Gasteiger partial charge >= 0.3 is 0 Å². The fourth-order valence-corrected chi connectivity index (χ4v) is 1.84. The molecule has 2 aromatic heterocycles. The highest BCUT2D eigenvalue weighted by Crippen LogP contribution is 2.24. The van der Waals surface area contributed by atoms with Crippen molar-refractivity contribution in [3.63, 3.8) is 0 Å². The minimum Gasteiger partial charge on any atom is -0.506 e. The molecular weight excluding hydrogens is 244 g/mol. The molecule has 0 saturated carbocycles. The molecule has 6 nitrogen and oxygen atoms in total. The summed E-state index contributed by atoms with van der Waals surface area (Å²) in [5, 5.41) is 26.6. The smallest absolute Gasteiger partial charge is 0.142 e. The molecule has 0 fully saturated rings. The van der Waals surface area contributed by atoms with Gasteiger partial charge in [0, 0.05) is 36.6 Å². The van der Waals surface area contributed by atoms with Gasteiger partial charge in [-0.25, -0.2) is 0 Å². The van der Waals surface area contributed by atoms with E-state index in [1.54, 1.807) is 19.3 Å². The molecule has 0 amide bonds. The molecule has 102 valence electrons. The van der Waals surface area contributed by atoms with Gasteiger partial charge in [-0.15, -0.1) is 0 Å². The Bertz CT molecular complexity index is 566. The lowest BCUT2D eigenvalue weighted by Gasteiger charge is -2.12. The van der Waals surface area contributed by atoms with Crippen LogP contribution in [-0.2, 0) is 19.7 Å². The molecule has 0 aliphatic heterocycles. The monoisotopic (exact) mass is 262 g/mol. The third-order valence-corrected chi connectivity index (χ3v) is 3.03. The summed E-state index contributed by atoms with van der Waals surface area (Å²) >= 11 is 0. The summed E-state index contributed by atoms with van der Waals surface area (Å²) in [6, 6.07) is 0. The zero-order chi connectivity index (χ0) is 13.8. The van der Waals surface area contributed by atoms with Gasteiger partial charge in [0.25, 0.3) is 0 Å². The third kappa shape index (κ3) is 2.85. The molecule has 0 aliphatic carbocycles. The van der Waals surface area contributed by atoms with E-state index in [0.717, 1.165) is 12.2 Å². The second-order valence-corrected chi connectivity index (χ2v) is 4.29. The Morgan fingerprint density at radius 3 is 2.79 bits per heavy atom. The van der Waals surface area contributed by atoms with Gasteiger partial charge in [0.05, 0.1) is 24.2 Å². The van der Waals surface area contributed by atoms with Crippen LogP contribution in [0.25, 0.3) is 0 Å². The van der Waals surface area contributed by atoms with Gasteiger partial charge in [-0.05, 0) is 13.8 Å². The van der Waals surface area contributed by atoms with Crippen LogP contribution in [0, 0.1) is 6.92 Å². The van der Waals surface area contributed by atoms with E-state index in [1.165, 1.54) is 0 Å². The van der Waals surface area contributed by atoms with Gasteiger partial charge in [-0.1, -0.05) is 0 Å². The van der Waals surface area contributed by atoms with E-state index in [-0.39, 0.29) is 12.4 Å². The maximum absolute atomic E-state index is 10.0. The molecule has 19 heavy (non-hydrogen) atoms. The molecule has 0 spiro atoms. The average Bonchev–Trinajstić information content (AvgIpc) is 2.88. The number of rotatable bonds is 5. The maximum atomic E-state index is 10.0. The van der Waals surface area contributed by atoms with E-state index in [1.807, 2.05) is 17.8 Å². The maximum Gasteiger partial charge on any atom is 0.142 e. The quantitative estimate of drug-likeness (QED) is 0.759. The Labute approximate surface area is 111 Å². The van der Waals surface area contributed by atoms with Crippen molar-refractivity contribution >= 4 is 5.69 Å². The number of nitrogens with zero attached hydrogens (tertiary/aromatic N) is 3. The Balaban J connectivity index is 2.16. The van der Waals surface area contributed by atoms with Crippen molar-refractivity contribution in [3.05, 3.63) is 35.4 Å². The van der Waals surface area contributed by atoms with E-state index >= 15 is 0 Å². The first-order valence-corrected chi connectivity index (χ1v) is 6.19. The lowest BCUT2D eigenvalue weighted by Crippen LogP contribution is -2.05. The summed E-state index contributed by atoms with van der Waals surface area (Å²) in [5.74, 6) is 0.127. The van der Waals surface area contributed by atoms with Crippen molar-refractivity contribution in [2.24, 2.45) is 0 Å². The molecule has 0 atom stereocenters. The van der Waals surface area contributed by atoms with Gasteiger partial charge in [0.1, 0.15) is 5.75 Å². The topological polar surface area (TPSA) is 83.2 Å². The second-order valence-electron chi connectivity index (χ2n) is 4.29. The molecule has 0 radical (unpaired) electrons. The van der Waals surface area contributed by atoms with Crippen LogP contribution in [-0.4, -0.2) is 25.0 Å². The Hall–Kier alpha value is -2.08. The number of aliphatic hydroxyl groups excluding tert-OH is 1. The van der Waals surface area contributed by atoms with Crippen molar-refractivity contribution in [1.82, 2.24) is 14.8 Å². The van der Waals surface area contributed by atoms with Crippen LogP contribution in [0.2, 0.25) is 0 Å². The standard InChI is InChI=1S/C13H18N4O2/c1-3-17-7-11(5-16-17)15-6-12-10(8-18)4-14-9(2)13(12)19/h4-5,7,15,18-19H,3,6,8H2,1-2H3. The second kappa shape index (κ2) is 5.71. The summed E-state index contributed by atoms with van der Waals surface area (Å²) in [7, 11) is 0. The van der Waals surface area contributed by atoms with E-state index < -0.39 is 0 Å². The summed E-state index contributed by atoms with van der Waals surface area (Å²) in [5.41, 5.74) is 2.72. The highest BCUT2D eigenvalue weighted by Gasteiger charge is 2.11. The zero-order valence-corrected chi connectivity index (χ0v) is 11.1. The number of aryl methyl sites for hydroxylation is 2. The van der Waals surface area contributed by atoms with E-state index in [0.29, 0.717) is 23.4 Å². The molecular formula is C13H18N4O2. The molecule has 0 aromatic carbocycles. The van der Waals surface area contributed by atoms with Crippen molar-refractivity contribution in [2.45, 2.75) is 33.5 Å². The number of pyridine rings is 1. The Morgan fingerprint density at radius 2 is 2.16 bits per heavy atom. The van der Waals surface area contributed by atoms with Crippen LogP contribution < -0.4 is 5.32 Å². The van der Waals surface area contributed by atoms with Crippen molar-refractivity contribution in [1.29, 1.82) is 0 Å². The number of anilines is 1. The largest absolute Gasteiger partial charge is 0.506 e. The van der Waals surface area contributed by atoms with Gasteiger partial charge in [0.15, 0.2) is 0 Å². The average molecular weight is 262 g/mol. The number of aromatic nitrogens is 3. The number of aliphatic hydroxyl groups is 1. The van der Waals surface area contributed by atoms with Crippen molar-refractivity contribution in [2.75, 3.05) is 5.32 Å². The van der Waals surface area contributed by atoms with Crippen molar-refractivity contribution in [3.8, 4) is 5.75 Å². The van der Waals surface area contributed by atoms with Gasteiger partial charge in [-0.3, -0.25) is 9.67 Å². The van der Waals surface area contributed by atoms with E-state index in [4.69, 9.17) is 0 Å². The third-order valence-electron chi connectivity index (χ3n) is 3.03. The fraction of sp³-hybridized carbons (Fsp3) is 0.385. The molecule has 2 heterocycles. The highest BCUT2D eigenvalue weighted by atomic mass is 16.3. The normalized spacial score (nSPS) is 10.7. The van der Waals surface area contributed by atoms with Gasteiger partial charge in [0.2, 0.25) is 0 Å². The number of hydrogen-bond acceptors (Lipinski definition) is 5. The lowest BCUT2D eigenvalue weighted by molar-refractivity contribution is 0.279. The van der Waals surface area contributed by atoms with Crippen LogP contribution in [0.4, 0.5) is 5.69 Å². The molecule has 0 aliphatic rings. The minimum absolute atomic E-state index is 0.127. The molecule has 6 heteroatoms. The predicted molar refractivity (Wildman–Crippen MR) is 71.8 cm³/mol. The van der Waals surface area contributed by atoms with Crippen LogP contribution in [0.15, 0.2) is 18.6 Å². The summed E-state index contributed by atoms with van der Waals surface area (Å²) in [4.78, 5) is 4.03. The fourth-order valence-electron chi connectivity index (χ4n) is 1.84. The molecule has 3 N–H and O–H groups in total. The SMILES string of the molecule is CCn1cc(NCc2c(CO)cnc(C)c2O)cn1. The molecule has 2 rings (SSSR count). The van der Waals surface area contributed by atoms with Crippen molar-refractivity contribution < 1.29 is 10.2 Å². The predicted octanol–water partition coefficient (Wildman–Crippen LogP) is 1.42. The first kappa shape index (κ1) is 13.4. The number of aromatic hydroxyl groups is 1. The number of hydrogen-bond donors (Lipinski definition) is 3. The van der Waals surface area contributed by atoms with Crippen LogP contribution in [0.1, 0.15) is 23.7 Å². The Morgan fingerprint density at radius 1 is 1.37 bits per heavy atom. The molecule has 0 bridgehead atoms. The summed E-state index contributed by atoms with van der Waals surface area (Å²) < 4.78 is 1.81. The first-order valence-electron chi connectivity index (χ1n) is 6.19. The minimum atomic E-state index is -0.147. The molecule has 0 saturated heterocycles. The van der Waals surface area contributed by atoms with Gasteiger partial charge in [-0.2, -0.15) is 5.10 Å². The van der Waals surface area contributed by atoms with Crippen LogP contribution >= 0.6 is 0 Å².